The van der Waals surface area contributed by atoms with Crippen molar-refractivity contribution in [2.45, 2.75) is 27.2 Å². The van der Waals surface area contributed by atoms with Crippen molar-refractivity contribution in [2.24, 2.45) is 5.41 Å². The topological polar surface area (TPSA) is 116 Å². The summed E-state index contributed by atoms with van der Waals surface area (Å²) in [6, 6.07) is 5.49. The minimum atomic E-state index is -1.28. The summed E-state index contributed by atoms with van der Waals surface area (Å²) >= 11 is 0. The van der Waals surface area contributed by atoms with Gasteiger partial charge in [-0.15, -0.1) is 0 Å². The van der Waals surface area contributed by atoms with Gasteiger partial charge < -0.3 is 19.3 Å². The van der Waals surface area contributed by atoms with E-state index in [-0.39, 0.29) is 30.3 Å². The number of carbonyl (C=O) groups excluding carboxylic acids is 3. The molecule has 26 heavy (non-hydrogen) atoms. The van der Waals surface area contributed by atoms with Crippen molar-refractivity contribution in [1.29, 1.82) is 0 Å². The first kappa shape index (κ1) is 21.1. The molecule has 0 aliphatic carbocycles. The number of carboxylic acid groups (broad SMARTS) is 1. The van der Waals surface area contributed by atoms with Crippen LogP contribution in [0.4, 0.5) is 0 Å². The van der Waals surface area contributed by atoms with Gasteiger partial charge in [0.25, 0.3) is 0 Å². The van der Waals surface area contributed by atoms with E-state index in [0.717, 1.165) is 0 Å². The average Bonchev–Trinajstić information content (AvgIpc) is 2.62. The van der Waals surface area contributed by atoms with Crippen molar-refractivity contribution >= 4 is 23.9 Å². The molecular formula is C18H22O8. The van der Waals surface area contributed by atoms with E-state index in [1.165, 1.54) is 24.3 Å². The van der Waals surface area contributed by atoms with Gasteiger partial charge in [0.1, 0.15) is 13.2 Å². The molecule has 0 saturated heterocycles. The third-order valence-electron chi connectivity index (χ3n) is 3.65. The van der Waals surface area contributed by atoms with Gasteiger partial charge in [-0.3, -0.25) is 4.79 Å². The Kier molecular flexibility index (Phi) is 7.77. The van der Waals surface area contributed by atoms with Crippen LogP contribution in [0.15, 0.2) is 24.3 Å². The smallest absolute Gasteiger partial charge is 0.341 e. The fourth-order valence-corrected chi connectivity index (χ4v) is 1.68. The number of rotatable bonds is 9. The maximum atomic E-state index is 12.0. The van der Waals surface area contributed by atoms with Crippen molar-refractivity contribution in [3.05, 3.63) is 35.4 Å². The molecule has 0 aliphatic heterocycles. The van der Waals surface area contributed by atoms with Gasteiger partial charge in [-0.1, -0.05) is 13.0 Å². The molecular weight excluding hydrogens is 344 g/mol. The van der Waals surface area contributed by atoms with Gasteiger partial charge in [0.2, 0.25) is 0 Å². The first-order chi connectivity index (χ1) is 12.2. The highest BCUT2D eigenvalue weighted by Gasteiger charge is 2.26. The quantitative estimate of drug-likeness (QED) is 0.401. The molecule has 8 nitrogen and oxygen atoms in total. The molecule has 0 saturated carbocycles. The lowest BCUT2D eigenvalue weighted by atomic mass is 9.91. The molecule has 0 radical (unpaired) electrons. The molecule has 8 heteroatoms. The molecule has 1 N–H and O–H groups in total. The summed E-state index contributed by atoms with van der Waals surface area (Å²) in [5.74, 6) is -3.23. The molecule has 1 rings (SSSR count). The monoisotopic (exact) mass is 366 g/mol. The van der Waals surface area contributed by atoms with Crippen LogP contribution in [0.2, 0.25) is 0 Å². The third-order valence-corrected chi connectivity index (χ3v) is 3.65. The maximum Gasteiger partial charge on any atom is 0.341 e. The molecule has 0 atom stereocenters. The van der Waals surface area contributed by atoms with Crippen LogP contribution < -0.4 is 0 Å². The van der Waals surface area contributed by atoms with Gasteiger partial charge in [-0.2, -0.15) is 0 Å². The van der Waals surface area contributed by atoms with Crippen LogP contribution in [0.25, 0.3) is 0 Å². The lowest BCUT2D eigenvalue weighted by molar-refractivity contribution is -0.155. The Morgan fingerprint density at radius 3 is 2.04 bits per heavy atom. The summed E-state index contributed by atoms with van der Waals surface area (Å²) in [5, 5.41) is 8.49. The lowest BCUT2D eigenvalue weighted by Gasteiger charge is -2.20. The van der Waals surface area contributed by atoms with Crippen LogP contribution in [0.5, 0.6) is 0 Å². The van der Waals surface area contributed by atoms with E-state index < -0.39 is 29.9 Å². The van der Waals surface area contributed by atoms with Crippen LogP contribution in [0.1, 0.15) is 47.9 Å². The number of ether oxygens (including phenoxy) is 3. The van der Waals surface area contributed by atoms with Crippen LogP contribution >= 0.6 is 0 Å². The molecule has 1 aromatic rings. The van der Waals surface area contributed by atoms with Gasteiger partial charge in [0.05, 0.1) is 16.5 Å². The molecule has 142 valence electrons. The second kappa shape index (κ2) is 9.55. The maximum absolute atomic E-state index is 12.0. The highest BCUT2D eigenvalue weighted by molar-refractivity contribution is 5.95. The molecule has 0 aromatic heterocycles. The first-order valence-corrected chi connectivity index (χ1v) is 8.00. The normalized spacial score (nSPS) is 10.7. The number of esters is 3. The highest BCUT2D eigenvalue weighted by Crippen LogP contribution is 2.21. The number of hydrogen-bond donors (Lipinski definition) is 1. The fraction of sp³-hybridized carbons (Fsp3) is 0.444. The molecule has 0 fully saturated rings. The molecule has 0 spiro atoms. The zero-order chi connectivity index (χ0) is 19.7. The molecule has 0 unspecified atom stereocenters. The van der Waals surface area contributed by atoms with Gasteiger partial charge in [-0.25, -0.2) is 14.4 Å². The third kappa shape index (κ3) is 6.54. The minimum absolute atomic E-state index is 0.0248. The van der Waals surface area contributed by atoms with E-state index in [2.05, 4.69) is 4.74 Å². The van der Waals surface area contributed by atoms with E-state index in [1.807, 2.05) is 6.92 Å². The van der Waals surface area contributed by atoms with E-state index in [9.17, 15) is 19.2 Å². The molecule has 1 aromatic carbocycles. The van der Waals surface area contributed by atoms with Gasteiger partial charge >= 0.3 is 23.9 Å². The second-order valence-electron chi connectivity index (χ2n) is 6.06. The Hall–Kier alpha value is -2.90. The lowest BCUT2D eigenvalue weighted by Crippen LogP contribution is -2.27. The van der Waals surface area contributed by atoms with Crippen molar-refractivity contribution < 1.29 is 38.5 Å². The summed E-state index contributed by atoms with van der Waals surface area (Å²) < 4.78 is 14.6. The van der Waals surface area contributed by atoms with Crippen molar-refractivity contribution in [1.82, 2.24) is 0 Å². The Morgan fingerprint density at radius 2 is 1.50 bits per heavy atom. The standard InChI is InChI=1S/C18H22O8/c1-4-18(2,3)17(23)25-9-8-24-15(21)12-6-5-7-13(10-12)16(22)26-11-14(19)20/h5-7,10H,4,8-9,11H2,1-3H3,(H,19,20). The van der Waals surface area contributed by atoms with Crippen LogP contribution in [0, 0.1) is 5.41 Å². The summed E-state index contributed by atoms with van der Waals surface area (Å²) in [5.41, 5.74) is -0.485. The van der Waals surface area contributed by atoms with Crippen LogP contribution in [0.3, 0.4) is 0 Å². The van der Waals surface area contributed by atoms with Gasteiger partial charge in [0, 0.05) is 0 Å². The minimum Gasteiger partial charge on any atom is -0.479 e. The number of aliphatic carboxylic acids is 1. The van der Waals surface area contributed by atoms with Gasteiger partial charge in [-0.05, 0) is 38.5 Å². The molecule has 0 bridgehead atoms. The molecule has 0 aliphatic rings. The number of carbonyl (C=O) groups is 4. The van der Waals surface area contributed by atoms with Crippen LogP contribution in [-0.4, -0.2) is 48.8 Å². The van der Waals surface area contributed by atoms with Crippen molar-refractivity contribution in [3.63, 3.8) is 0 Å². The number of carboxylic acids is 1. The zero-order valence-electron chi connectivity index (χ0n) is 14.9. The summed E-state index contributed by atoms with van der Waals surface area (Å²) in [7, 11) is 0. The van der Waals surface area contributed by atoms with E-state index in [4.69, 9.17) is 14.6 Å². The van der Waals surface area contributed by atoms with Gasteiger partial charge in [0.15, 0.2) is 6.61 Å². The van der Waals surface area contributed by atoms with E-state index >= 15 is 0 Å². The zero-order valence-corrected chi connectivity index (χ0v) is 14.9. The van der Waals surface area contributed by atoms with E-state index in [0.29, 0.717) is 6.42 Å². The predicted octanol–water partition coefficient (Wildman–Crippen LogP) is 2.06. The SMILES string of the molecule is CCC(C)(C)C(=O)OCCOC(=O)c1cccc(C(=O)OCC(=O)O)c1. The highest BCUT2D eigenvalue weighted by atomic mass is 16.6. The Balaban J connectivity index is 2.53. The largest absolute Gasteiger partial charge is 0.479 e. The van der Waals surface area contributed by atoms with Crippen molar-refractivity contribution in [2.75, 3.05) is 19.8 Å². The number of hydrogen-bond acceptors (Lipinski definition) is 7. The predicted molar refractivity (Wildman–Crippen MR) is 89.7 cm³/mol. The second-order valence-corrected chi connectivity index (χ2v) is 6.06. The van der Waals surface area contributed by atoms with E-state index in [1.54, 1.807) is 13.8 Å². The molecule has 0 heterocycles. The summed E-state index contributed by atoms with van der Waals surface area (Å²) in [4.78, 5) is 45.8. The summed E-state index contributed by atoms with van der Waals surface area (Å²) in [6.07, 6.45) is 0.621. The Bertz CT molecular complexity index is 678. The van der Waals surface area contributed by atoms with Crippen LogP contribution in [-0.2, 0) is 23.8 Å². The average molecular weight is 366 g/mol. The fourth-order valence-electron chi connectivity index (χ4n) is 1.68. The molecule has 0 amide bonds. The Morgan fingerprint density at radius 1 is 0.962 bits per heavy atom. The summed E-state index contributed by atoms with van der Waals surface area (Å²) in [6.45, 7) is 4.42. The number of benzene rings is 1. The first-order valence-electron chi connectivity index (χ1n) is 8.00. The Labute approximate surface area is 151 Å². The van der Waals surface area contributed by atoms with Crippen molar-refractivity contribution in [3.8, 4) is 0 Å².